The molecule has 4 aromatic rings. The van der Waals surface area contributed by atoms with E-state index in [1.807, 2.05) is 36.3 Å². The topological polar surface area (TPSA) is 53.7 Å². The number of hydrogen-bond donors (Lipinski definition) is 0. The molecule has 0 spiro atoms. The van der Waals surface area contributed by atoms with Crippen molar-refractivity contribution in [3.05, 3.63) is 83.2 Å². The van der Waals surface area contributed by atoms with E-state index >= 15 is 0 Å². The summed E-state index contributed by atoms with van der Waals surface area (Å²) in [6.07, 6.45) is 3.83. The Morgan fingerprint density at radius 1 is 1.10 bits per heavy atom. The molecule has 1 aliphatic rings. The van der Waals surface area contributed by atoms with Gasteiger partial charge in [-0.25, -0.2) is 14.5 Å². The number of carbonyl (C=O) groups excluding carboxylic acids is 1. The Kier molecular flexibility index (Phi) is 4.40. The molecule has 0 fully saturated rings. The van der Waals surface area contributed by atoms with Gasteiger partial charge in [0.2, 0.25) is 5.95 Å². The van der Waals surface area contributed by atoms with E-state index in [9.17, 15) is 9.18 Å². The molecule has 8 heteroatoms. The summed E-state index contributed by atoms with van der Waals surface area (Å²) in [6, 6.07) is 14.4. The monoisotopic (exact) mass is 421 g/mol. The molecule has 6 nitrogen and oxygen atoms in total. The molecule has 0 radical (unpaired) electrons. The molecule has 0 N–H and O–H groups in total. The van der Waals surface area contributed by atoms with E-state index < -0.39 is 5.95 Å². The van der Waals surface area contributed by atoms with Crippen LogP contribution in [-0.2, 0) is 6.42 Å². The number of amides is 1. The van der Waals surface area contributed by atoms with E-state index in [-0.39, 0.29) is 5.91 Å². The number of fused-ring (bicyclic) bond motifs is 2. The van der Waals surface area contributed by atoms with Gasteiger partial charge in [-0.05, 0) is 53.4 Å². The molecule has 5 rings (SSSR count). The average molecular weight is 422 g/mol. The highest BCUT2D eigenvalue weighted by Crippen LogP contribution is 2.32. The van der Waals surface area contributed by atoms with Gasteiger partial charge >= 0.3 is 0 Å². The molecule has 0 saturated carbocycles. The van der Waals surface area contributed by atoms with E-state index in [4.69, 9.17) is 11.6 Å². The molecule has 150 valence electrons. The molecule has 0 aliphatic carbocycles. The Morgan fingerprint density at radius 2 is 1.93 bits per heavy atom. The summed E-state index contributed by atoms with van der Waals surface area (Å²) in [4.78, 5) is 16.8. The van der Waals surface area contributed by atoms with Crippen molar-refractivity contribution in [3.63, 3.8) is 0 Å². The van der Waals surface area contributed by atoms with Crippen molar-refractivity contribution in [1.29, 1.82) is 0 Å². The predicted molar refractivity (Wildman–Crippen MR) is 113 cm³/mol. The Hall–Kier alpha value is -3.45. The lowest BCUT2D eigenvalue weighted by molar-refractivity contribution is 0.0732. The number of nitrogens with zero attached hydrogens (tertiary/aromatic N) is 5. The summed E-state index contributed by atoms with van der Waals surface area (Å²) < 4.78 is 15.1. The minimum atomic E-state index is -0.526. The second-order valence-corrected chi connectivity index (χ2v) is 7.60. The molecular weight excluding hydrogens is 405 g/mol. The number of carbonyl (C=O) groups is 1. The smallest absolute Gasteiger partial charge is 0.285 e. The van der Waals surface area contributed by atoms with Crippen LogP contribution < -0.4 is 5.01 Å². The highest BCUT2D eigenvalue weighted by molar-refractivity contribution is 6.30. The summed E-state index contributed by atoms with van der Waals surface area (Å²) in [5, 5.41) is 8.43. The summed E-state index contributed by atoms with van der Waals surface area (Å²) in [7, 11) is 1.85. The SMILES string of the molecule is CN1c2cc(-c3ccnc(F)c3)ccc2CCN1C(=O)c1cc2ccc(Cl)cn2n1. The zero-order chi connectivity index (χ0) is 20.8. The van der Waals surface area contributed by atoms with E-state index in [1.54, 1.807) is 33.9 Å². The van der Waals surface area contributed by atoms with E-state index in [1.165, 1.54) is 12.3 Å². The van der Waals surface area contributed by atoms with Crippen LogP contribution in [-0.4, -0.2) is 39.1 Å². The summed E-state index contributed by atoms with van der Waals surface area (Å²) in [5.41, 5.74) is 4.76. The number of anilines is 1. The molecule has 30 heavy (non-hydrogen) atoms. The van der Waals surface area contributed by atoms with Crippen molar-refractivity contribution < 1.29 is 9.18 Å². The average Bonchev–Trinajstić information content (AvgIpc) is 3.17. The van der Waals surface area contributed by atoms with Crippen LogP contribution in [0.5, 0.6) is 0 Å². The van der Waals surface area contributed by atoms with Crippen LogP contribution in [0.1, 0.15) is 16.1 Å². The molecule has 1 amide bonds. The number of halogens is 2. The number of pyridine rings is 2. The molecule has 0 unspecified atom stereocenters. The predicted octanol–water partition coefficient (Wildman–Crippen LogP) is 4.24. The largest absolute Gasteiger partial charge is 0.292 e. The number of aromatic nitrogens is 3. The molecular formula is C22H17ClFN5O. The van der Waals surface area contributed by atoms with Crippen molar-refractivity contribution in [3.8, 4) is 11.1 Å². The third-order valence-electron chi connectivity index (χ3n) is 5.33. The van der Waals surface area contributed by atoms with Crippen molar-refractivity contribution in [2.75, 3.05) is 18.6 Å². The fourth-order valence-electron chi connectivity index (χ4n) is 3.78. The molecule has 0 atom stereocenters. The Bertz CT molecular complexity index is 1290. The lowest BCUT2D eigenvalue weighted by atomic mass is 10.00. The molecule has 1 aromatic carbocycles. The fourth-order valence-corrected chi connectivity index (χ4v) is 3.94. The van der Waals surface area contributed by atoms with Gasteiger partial charge in [0, 0.05) is 32.1 Å². The van der Waals surface area contributed by atoms with Crippen LogP contribution in [0.2, 0.25) is 5.02 Å². The first-order chi connectivity index (χ1) is 14.5. The van der Waals surface area contributed by atoms with Gasteiger partial charge in [0.05, 0.1) is 16.2 Å². The third kappa shape index (κ3) is 3.17. The zero-order valence-electron chi connectivity index (χ0n) is 16.1. The fraction of sp³-hybridized carbons (Fsp3) is 0.136. The maximum Gasteiger partial charge on any atom is 0.292 e. The maximum atomic E-state index is 13.5. The van der Waals surface area contributed by atoms with Gasteiger partial charge in [0.25, 0.3) is 5.91 Å². The third-order valence-corrected chi connectivity index (χ3v) is 5.55. The summed E-state index contributed by atoms with van der Waals surface area (Å²) >= 11 is 6.02. The van der Waals surface area contributed by atoms with Crippen LogP contribution in [0.15, 0.2) is 60.9 Å². The lowest BCUT2D eigenvalue weighted by Gasteiger charge is -2.38. The number of hydrogen-bond acceptors (Lipinski definition) is 4. The Balaban J connectivity index is 1.48. The molecule has 0 bridgehead atoms. The first kappa shape index (κ1) is 18.6. The van der Waals surface area contributed by atoms with Crippen LogP contribution in [0.4, 0.5) is 10.1 Å². The van der Waals surface area contributed by atoms with Crippen LogP contribution in [0.25, 0.3) is 16.6 Å². The zero-order valence-corrected chi connectivity index (χ0v) is 16.8. The van der Waals surface area contributed by atoms with Crippen molar-refractivity contribution in [2.45, 2.75) is 6.42 Å². The van der Waals surface area contributed by atoms with Gasteiger partial charge in [-0.1, -0.05) is 23.7 Å². The van der Waals surface area contributed by atoms with Crippen molar-refractivity contribution in [1.82, 2.24) is 19.6 Å². The van der Waals surface area contributed by atoms with Gasteiger partial charge in [-0.2, -0.15) is 9.49 Å². The molecule has 0 saturated heterocycles. The van der Waals surface area contributed by atoms with E-state index in [0.29, 0.717) is 17.3 Å². The van der Waals surface area contributed by atoms with Gasteiger partial charge in [0.15, 0.2) is 5.69 Å². The lowest BCUT2D eigenvalue weighted by Crippen LogP contribution is -2.48. The second-order valence-electron chi connectivity index (χ2n) is 7.16. The highest BCUT2D eigenvalue weighted by atomic mass is 35.5. The Labute approximate surface area is 177 Å². The summed E-state index contributed by atoms with van der Waals surface area (Å²) in [5.74, 6) is -0.717. The van der Waals surface area contributed by atoms with Gasteiger partial charge in [-0.3, -0.25) is 9.80 Å². The number of rotatable bonds is 2. The van der Waals surface area contributed by atoms with Gasteiger partial charge in [-0.15, -0.1) is 0 Å². The van der Waals surface area contributed by atoms with Crippen molar-refractivity contribution in [2.24, 2.45) is 0 Å². The maximum absolute atomic E-state index is 13.5. The highest BCUT2D eigenvalue weighted by Gasteiger charge is 2.28. The molecule has 1 aliphatic heterocycles. The van der Waals surface area contributed by atoms with Gasteiger partial charge in [0.1, 0.15) is 0 Å². The van der Waals surface area contributed by atoms with Crippen molar-refractivity contribution >= 4 is 28.7 Å². The van der Waals surface area contributed by atoms with E-state index in [0.717, 1.165) is 34.3 Å². The second kappa shape index (κ2) is 7.11. The van der Waals surface area contributed by atoms with E-state index in [2.05, 4.69) is 10.1 Å². The van der Waals surface area contributed by atoms with Gasteiger partial charge < -0.3 is 0 Å². The first-order valence-corrected chi connectivity index (χ1v) is 9.83. The molecule has 4 heterocycles. The van der Waals surface area contributed by atoms with Crippen LogP contribution in [0.3, 0.4) is 0 Å². The Morgan fingerprint density at radius 3 is 2.77 bits per heavy atom. The van der Waals surface area contributed by atoms with Crippen LogP contribution >= 0.6 is 11.6 Å². The first-order valence-electron chi connectivity index (χ1n) is 9.45. The number of hydrazine groups is 1. The standard InChI is InChI=1S/C22H17ClFN5O/c1-27-20-10-15(16-6-8-25-21(24)11-16)3-2-14(20)7-9-29(27)22(30)19-12-18-5-4-17(23)13-28(18)26-19/h2-6,8,10-13H,7,9H2,1H3. The normalized spacial score (nSPS) is 13.6. The minimum absolute atomic E-state index is 0.191. The quantitative estimate of drug-likeness (QED) is 0.454. The summed E-state index contributed by atoms with van der Waals surface area (Å²) in [6.45, 7) is 0.542. The molecule has 3 aromatic heterocycles. The van der Waals surface area contributed by atoms with Crippen LogP contribution in [0, 0.1) is 5.95 Å². The minimum Gasteiger partial charge on any atom is -0.285 e. The number of benzene rings is 1.